The number of halogens is 1. The number of phenols is 1. The van der Waals surface area contributed by atoms with Crippen molar-refractivity contribution in [3.05, 3.63) is 52.5 Å². The number of nitrogens with one attached hydrogen (secondary N) is 1. The van der Waals surface area contributed by atoms with Crippen LogP contribution in [0, 0.1) is 6.92 Å². The molecule has 0 radical (unpaired) electrons. The summed E-state index contributed by atoms with van der Waals surface area (Å²) in [5.41, 5.74) is 2.61. The molecule has 0 aliphatic carbocycles. The molecule has 0 fully saturated rings. The molecule has 0 amide bonds. The summed E-state index contributed by atoms with van der Waals surface area (Å²) in [5.74, 6) is 1.01. The summed E-state index contributed by atoms with van der Waals surface area (Å²) in [6.45, 7) is 6.34. The fourth-order valence-electron chi connectivity index (χ4n) is 2.02. The van der Waals surface area contributed by atoms with E-state index in [4.69, 9.17) is 16.3 Å². The smallest absolute Gasteiger partial charge is 0.138 e. The van der Waals surface area contributed by atoms with Crippen LogP contribution in [0.3, 0.4) is 0 Å². The first-order chi connectivity index (χ1) is 9.97. The quantitative estimate of drug-likeness (QED) is 0.837. The predicted molar refractivity (Wildman–Crippen MR) is 87.4 cm³/mol. The van der Waals surface area contributed by atoms with Gasteiger partial charge in [-0.05, 0) is 44.5 Å². The van der Waals surface area contributed by atoms with Crippen LogP contribution in [-0.4, -0.2) is 11.2 Å². The summed E-state index contributed by atoms with van der Waals surface area (Å²) in [6, 6.07) is 11.3. The highest BCUT2D eigenvalue weighted by molar-refractivity contribution is 6.32. The largest absolute Gasteiger partial charge is 0.507 e. The van der Waals surface area contributed by atoms with Crippen molar-refractivity contribution < 1.29 is 9.84 Å². The molecule has 0 aliphatic rings. The highest BCUT2D eigenvalue weighted by Gasteiger charge is 2.07. The van der Waals surface area contributed by atoms with Gasteiger partial charge >= 0.3 is 0 Å². The Kier molecular flexibility index (Phi) is 4.97. The van der Waals surface area contributed by atoms with E-state index in [1.54, 1.807) is 0 Å². The molecule has 2 N–H and O–H groups in total. The maximum Gasteiger partial charge on any atom is 0.138 e. The van der Waals surface area contributed by atoms with Crippen LogP contribution in [-0.2, 0) is 6.54 Å². The first-order valence-electron chi connectivity index (χ1n) is 6.95. The second kappa shape index (κ2) is 6.72. The van der Waals surface area contributed by atoms with Gasteiger partial charge in [-0.1, -0.05) is 29.8 Å². The lowest BCUT2D eigenvalue weighted by Crippen LogP contribution is -2.06. The molecule has 2 rings (SSSR count). The normalized spacial score (nSPS) is 10.7. The number of aryl methyl sites for hydroxylation is 1. The Morgan fingerprint density at radius 2 is 2.00 bits per heavy atom. The van der Waals surface area contributed by atoms with E-state index in [9.17, 15) is 5.11 Å². The average Bonchev–Trinajstić information content (AvgIpc) is 2.43. The molecule has 0 heterocycles. The molecule has 0 saturated carbocycles. The van der Waals surface area contributed by atoms with Gasteiger partial charge in [-0.25, -0.2) is 0 Å². The van der Waals surface area contributed by atoms with E-state index in [1.165, 1.54) is 0 Å². The fourth-order valence-corrected chi connectivity index (χ4v) is 2.25. The third-order valence-corrected chi connectivity index (χ3v) is 3.39. The van der Waals surface area contributed by atoms with Crippen molar-refractivity contribution in [2.75, 3.05) is 5.32 Å². The molecular formula is C17H20ClNO2. The SMILES string of the molecule is Cc1cccc(CNc2ccc(OC(C)C)c(Cl)c2)c1O. The maximum atomic E-state index is 9.99. The highest BCUT2D eigenvalue weighted by Crippen LogP contribution is 2.29. The predicted octanol–water partition coefficient (Wildman–Crippen LogP) is 4.75. The van der Waals surface area contributed by atoms with Crippen molar-refractivity contribution in [2.24, 2.45) is 0 Å². The first kappa shape index (κ1) is 15.5. The molecule has 21 heavy (non-hydrogen) atoms. The third-order valence-electron chi connectivity index (χ3n) is 3.10. The lowest BCUT2D eigenvalue weighted by Gasteiger charge is -2.14. The summed E-state index contributed by atoms with van der Waals surface area (Å²) < 4.78 is 5.60. The third kappa shape index (κ3) is 4.05. The average molecular weight is 306 g/mol. The Labute approximate surface area is 130 Å². The lowest BCUT2D eigenvalue weighted by atomic mass is 10.1. The van der Waals surface area contributed by atoms with E-state index < -0.39 is 0 Å². The summed E-state index contributed by atoms with van der Waals surface area (Å²) in [7, 11) is 0. The van der Waals surface area contributed by atoms with E-state index in [-0.39, 0.29) is 6.10 Å². The van der Waals surface area contributed by atoms with Gasteiger partial charge in [-0.2, -0.15) is 0 Å². The minimum absolute atomic E-state index is 0.0885. The van der Waals surface area contributed by atoms with Gasteiger partial charge in [0, 0.05) is 17.8 Å². The van der Waals surface area contributed by atoms with Crippen LogP contribution in [0.5, 0.6) is 11.5 Å². The second-order valence-electron chi connectivity index (χ2n) is 5.25. The van der Waals surface area contributed by atoms with Gasteiger partial charge in [-0.15, -0.1) is 0 Å². The molecule has 3 nitrogen and oxygen atoms in total. The van der Waals surface area contributed by atoms with Crippen LogP contribution < -0.4 is 10.1 Å². The standard InChI is InChI=1S/C17H20ClNO2/c1-11(2)21-16-8-7-14(9-15(16)18)19-10-13-6-4-5-12(3)17(13)20/h4-9,11,19-20H,10H2,1-3H3. The van der Waals surface area contributed by atoms with Crippen molar-refractivity contribution in [3.8, 4) is 11.5 Å². The molecule has 0 unspecified atom stereocenters. The van der Waals surface area contributed by atoms with Crippen LogP contribution in [0.4, 0.5) is 5.69 Å². The number of aromatic hydroxyl groups is 1. The minimum atomic E-state index is 0.0885. The molecule has 0 saturated heterocycles. The van der Waals surface area contributed by atoms with Crippen molar-refractivity contribution in [3.63, 3.8) is 0 Å². The Morgan fingerprint density at radius 3 is 2.67 bits per heavy atom. The zero-order chi connectivity index (χ0) is 15.4. The monoisotopic (exact) mass is 305 g/mol. The van der Waals surface area contributed by atoms with Crippen LogP contribution in [0.25, 0.3) is 0 Å². The van der Waals surface area contributed by atoms with E-state index in [0.717, 1.165) is 16.8 Å². The molecule has 2 aromatic rings. The van der Waals surface area contributed by atoms with Crippen LogP contribution >= 0.6 is 11.6 Å². The summed E-state index contributed by atoms with van der Waals surface area (Å²) in [6.07, 6.45) is 0.0885. The zero-order valence-electron chi connectivity index (χ0n) is 12.5. The van der Waals surface area contributed by atoms with Crippen LogP contribution in [0.2, 0.25) is 5.02 Å². The van der Waals surface area contributed by atoms with Crippen molar-refractivity contribution in [2.45, 2.75) is 33.4 Å². The highest BCUT2D eigenvalue weighted by atomic mass is 35.5. The molecule has 4 heteroatoms. The van der Waals surface area contributed by atoms with E-state index in [0.29, 0.717) is 23.1 Å². The number of phenolic OH excluding ortho intramolecular Hbond substituents is 1. The molecule has 2 aromatic carbocycles. The van der Waals surface area contributed by atoms with E-state index in [1.807, 2.05) is 57.2 Å². The van der Waals surface area contributed by atoms with Crippen LogP contribution in [0.15, 0.2) is 36.4 Å². The summed E-state index contributed by atoms with van der Waals surface area (Å²) in [4.78, 5) is 0. The number of rotatable bonds is 5. The van der Waals surface area contributed by atoms with E-state index in [2.05, 4.69) is 5.32 Å². The van der Waals surface area contributed by atoms with Crippen molar-refractivity contribution in [1.29, 1.82) is 0 Å². The summed E-state index contributed by atoms with van der Waals surface area (Å²) in [5, 5.41) is 13.8. The Bertz CT molecular complexity index is 626. The van der Waals surface area contributed by atoms with Gasteiger partial charge in [-0.3, -0.25) is 0 Å². The number of benzene rings is 2. The van der Waals surface area contributed by atoms with Gasteiger partial charge in [0.2, 0.25) is 0 Å². The molecular weight excluding hydrogens is 286 g/mol. The molecule has 0 bridgehead atoms. The molecule has 0 aromatic heterocycles. The molecule has 112 valence electrons. The minimum Gasteiger partial charge on any atom is -0.507 e. The zero-order valence-corrected chi connectivity index (χ0v) is 13.2. The fraction of sp³-hybridized carbons (Fsp3) is 0.294. The lowest BCUT2D eigenvalue weighted by molar-refractivity contribution is 0.242. The van der Waals surface area contributed by atoms with Gasteiger partial charge in [0.1, 0.15) is 11.5 Å². The first-order valence-corrected chi connectivity index (χ1v) is 7.32. The number of anilines is 1. The van der Waals surface area contributed by atoms with Gasteiger partial charge in [0.15, 0.2) is 0 Å². The molecule has 0 aliphatic heterocycles. The number of para-hydroxylation sites is 1. The number of ether oxygens (including phenoxy) is 1. The topological polar surface area (TPSA) is 41.5 Å². The molecule has 0 spiro atoms. The van der Waals surface area contributed by atoms with Gasteiger partial charge < -0.3 is 15.2 Å². The Balaban J connectivity index is 2.07. The van der Waals surface area contributed by atoms with E-state index >= 15 is 0 Å². The summed E-state index contributed by atoms with van der Waals surface area (Å²) >= 11 is 6.20. The second-order valence-corrected chi connectivity index (χ2v) is 5.66. The van der Waals surface area contributed by atoms with Gasteiger partial charge in [0.05, 0.1) is 11.1 Å². The molecule has 0 atom stereocenters. The Hall–Kier alpha value is -1.87. The van der Waals surface area contributed by atoms with Crippen molar-refractivity contribution in [1.82, 2.24) is 0 Å². The van der Waals surface area contributed by atoms with Crippen LogP contribution in [0.1, 0.15) is 25.0 Å². The maximum absolute atomic E-state index is 9.99. The number of hydrogen-bond donors (Lipinski definition) is 2. The van der Waals surface area contributed by atoms with Gasteiger partial charge in [0.25, 0.3) is 0 Å². The van der Waals surface area contributed by atoms with Crippen molar-refractivity contribution >= 4 is 17.3 Å². The Morgan fingerprint density at radius 1 is 1.24 bits per heavy atom. The number of hydrogen-bond acceptors (Lipinski definition) is 3.